The first-order valence-corrected chi connectivity index (χ1v) is 3.55. The Morgan fingerprint density at radius 2 is 2.18 bits per heavy atom. The van der Waals surface area contributed by atoms with Gasteiger partial charge in [-0.3, -0.25) is 4.79 Å². The van der Waals surface area contributed by atoms with Crippen LogP contribution in [0.15, 0.2) is 0 Å². The molecule has 4 nitrogen and oxygen atoms in total. The average Bonchev–Trinajstić information content (AvgIpc) is 1.96. The van der Waals surface area contributed by atoms with Crippen molar-refractivity contribution in [3.63, 3.8) is 0 Å². The molecule has 1 heterocycles. The topological polar surface area (TPSA) is 47.6 Å². The Hall–Kier alpha value is -0.610. The number of rotatable bonds is 3. The number of carbonyl (C=O) groups excluding carboxylic acids is 1. The van der Waals surface area contributed by atoms with Gasteiger partial charge in [0.05, 0.1) is 13.5 Å². The Kier molecular flexibility index (Phi) is 2.46. The molecule has 0 bridgehead atoms. The third kappa shape index (κ3) is 1.70. The van der Waals surface area contributed by atoms with Crippen LogP contribution in [0.25, 0.3) is 0 Å². The van der Waals surface area contributed by atoms with Crippen LogP contribution < -0.4 is 5.32 Å². The van der Waals surface area contributed by atoms with Crippen molar-refractivity contribution in [2.75, 3.05) is 27.3 Å². The molecule has 1 fully saturated rings. The second kappa shape index (κ2) is 3.19. The SMILES string of the molecule is COC(=O)CC1(OC)CNC1. The minimum absolute atomic E-state index is 0.214. The first kappa shape index (κ1) is 8.49. The lowest BCUT2D eigenvalue weighted by Gasteiger charge is -2.40. The fraction of sp³-hybridized carbons (Fsp3) is 0.857. The van der Waals surface area contributed by atoms with E-state index in [4.69, 9.17) is 4.74 Å². The van der Waals surface area contributed by atoms with Gasteiger partial charge < -0.3 is 14.8 Å². The molecule has 4 heteroatoms. The normalized spacial score (nSPS) is 20.5. The Bertz CT molecular complexity index is 148. The molecule has 0 radical (unpaired) electrons. The van der Waals surface area contributed by atoms with Gasteiger partial charge in [0.25, 0.3) is 0 Å². The van der Waals surface area contributed by atoms with E-state index in [0.717, 1.165) is 13.1 Å². The van der Waals surface area contributed by atoms with Crippen molar-refractivity contribution >= 4 is 5.97 Å². The molecule has 64 valence electrons. The van der Waals surface area contributed by atoms with Crippen molar-refractivity contribution in [3.8, 4) is 0 Å². The third-order valence-electron chi connectivity index (χ3n) is 2.02. The molecule has 0 amide bonds. The fourth-order valence-corrected chi connectivity index (χ4v) is 1.08. The number of ether oxygens (including phenoxy) is 2. The third-order valence-corrected chi connectivity index (χ3v) is 2.02. The summed E-state index contributed by atoms with van der Waals surface area (Å²) in [5, 5.41) is 3.05. The molecule has 11 heavy (non-hydrogen) atoms. The smallest absolute Gasteiger partial charge is 0.308 e. The molecule has 0 unspecified atom stereocenters. The highest BCUT2D eigenvalue weighted by atomic mass is 16.5. The van der Waals surface area contributed by atoms with Crippen LogP contribution in [0.5, 0.6) is 0 Å². The number of hydrogen-bond acceptors (Lipinski definition) is 4. The molecule has 0 atom stereocenters. The summed E-state index contributed by atoms with van der Waals surface area (Å²) in [6.07, 6.45) is 0.340. The summed E-state index contributed by atoms with van der Waals surface area (Å²) in [6.45, 7) is 1.47. The Balaban J connectivity index is 2.38. The molecule has 1 aliphatic rings. The van der Waals surface area contributed by atoms with E-state index in [2.05, 4.69) is 10.1 Å². The summed E-state index contributed by atoms with van der Waals surface area (Å²) in [5.74, 6) is -0.214. The molecular weight excluding hydrogens is 146 g/mol. The molecule has 0 saturated carbocycles. The zero-order chi connectivity index (χ0) is 8.32. The molecule has 1 aliphatic heterocycles. The second-order valence-electron chi connectivity index (χ2n) is 2.74. The van der Waals surface area contributed by atoms with Gasteiger partial charge in [-0.05, 0) is 0 Å². The van der Waals surface area contributed by atoms with E-state index in [1.807, 2.05) is 0 Å². The molecule has 0 aliphatic carbocycles. The molecule has 0 aromatic rings. The second-order valence-corrected chi connectivity index (χ2v) is 2.74. The van der Waals surface area contributed by atoms with Crippen molar-refractivity contribution in [2.45, 2.75) is 12.0 Å². The van der Waals surface area contributed by atoms with Crippen molar-refractivity contribution in [2.24, 2.45) is 0 Å². The molecule has 0 spiro atoms. The predicted molar refractivity (Wildman–Crippen MR) is 39.2 cm³/mol. The number of methoxy groups -OCH3 is 2. The molecule has 1 N–H and O–H groups in total. The fourth-order valence-electron chi connectivity index (χ4n) is 1.08. The Morgan fingerprint density at radius 1 is 1.55 bits per heavy atom. The van der Waals surface area contributed by atoms with Gasteiger partial charge in [0, 0.05) is 20.2 Å². The highest BCUT2D eigenvalue weighted by molar-refractivity contribution is 5.70. The van der Waals surface area contributed by atoms with E-state index in [0.29, 0.717) is 6.42 Å². The van der Waals surface area contributed by atoms with Gasteiger partial charge in [0.1, 0.15) is 5.60 Å². The molecule has 1 rings (SSSR count). The minimum Gasteiger partial charge on any atom is -0.469 e. The quantitative estimate of drug-likeness (QED) is 0.566. The number of hydrogen-bond donors (Lipinski definition) is 1. The zero-order valence-electron chi connectivity index (χ0n) is 6.85. The summed E-state index contributed by atoms with van der Waals surface area (Å²) < 4.78 is 9.72. The lowest BCUT2D eigenvalue weighted by Crippen LogP contribution is -2.61. The lowest BCUT2D eigenvalue weighted by molar-refractivity contribution is -0.150. The van der Waals surface area contributed by atoms with Gasteiger partial charge in [0.15, 0.2) is 0 Å². The maximum absolute atomic E-state index is 10.8. The van der Waals surface area contributed by atoms with E-state index >= 15 is 0 Å². The summed E-state index contributed by atoms with van der Waals surface area (Å²) in [7, 11) is 3.00. The first-order valence-electron chi connectivity index (χ1n) is 3.55. The Labute approximate surface area is 65.9 Å². The van der Waals surface area contributed by atoms with Crippen molar-refractivity contribution in [1.29, 1.82) is 0 Å². The molecule has 1 saturated heterocycles. The zero-order valence-corrected chi connectivity index (χ0v) is 6.85. The van der Waals surface area contributed by atoms with E-state index in [-0.39, 0.29) is 11.6 Å². The van der Waals surface area contributed by atoms with E-state index in [1.54, 1.807) is 7.11 Å². The summed E-state index contributed by atoms with van der Waals surface area (Å²) in [6, 6.07) is 0. The maximum atomic E-state index is 10.8. The average molecular weight is 159 g/mol. The summed E-state index contributed by atoms with van der Waals surface area (Å²) in [4.78, 5) is 10.8. The van der Waals surface area contributed by atoms with Crippen LogP contribution in [0, 0.1) is 0 Å². The van der Waals surface area contributed by atoms with Gasteiger partial charge in [-0.1, -0.05) is 0 Å². The number of carbonyl (C=O) groups is 1. The van der Waals surface area contributed by atoms with Crippen LogP contribution in [0.3, 0.4) is 0 Å². The lowest BCUT2D eigenvalue weighted by atomic mass is 9.93. The van der Waals surface area contributed by atoms with E-state index in [1.165, 1.54) is 7.11 Å². The van der Waals surface area contributed by atoms with Gasteiger partial charge in [-0.25, -0.2) is 0 Å². The Morgan fingerprint density at radius 3 is 2.45 bits per heavy atom. The molecule has 0 aromatic heterocycles. The monoisotopic (exact) mass is 159 g/mol. The van der Waals surface area contributed by atoms with Gasteiger partial charge in [-0.2, -0.15) is 0 Å². The number of nitrogens with one attached hydrogen (secondary N) is 1. The minimum atomic E-state index is -0.299. The summed E-state index contributed by atoms with van der Waals surface area (Å²) >= 11 is 0. The van der Waals surface area contributed by atoms with Gasteiger partial charge in [0.2, 0.25) is 0 Å². The number of esters is 1. The van der Waals surface area contributed by atoms with Crippen LogP contribution >= 0.6 is 0 Å². The predicted octanol–water partition coefficient (Wildman–Crippen LogP) is -0.462. The van der Waals surface area contributed by atoms with Gasteiger partial charge >= 0.3 is 5.97 Å². The van der Waals surface area contributed by atoms with Crippen LogP contribution in [0.1, 0.15) is 6.42 Å². The van der Waals surface area contributed by atoms with Crippen LogP contribution in [0.2, 0.25) is 0 Å². The van der Waals surface area contributed by atoms with E-state index in [9.17, 15) is 4.79 Å². The first-order chi connectivity index (χ1) is 5.22. The van der Waals surface area contributed by atoms with Crippen molar-refractivity contribution < 1.29 is 14.3 Å². The largest absolute Gasteiger partial charge is 0.469 e. The van der Waals surface area contributed by atoms with Gasteiger partial charge in [-0.15, -0.1) is 0 Å². The van der Waals surface area contributed by atoms with Crippen LogP contribution in [-0.2, 0) is 14.3 Å². The summed E-state index contributed by atoms with van der Waals surface area (Å²) in [5.41, 5.74) is -0.299. The molecular formula is C7H13NO3. The standard InChI is InChI=1S/C7H13NO3/c1-10-6(9)3-7(11-2)4-8-5-7/h8H,3-5H2,1-2H3. The van der Waals surface area contributed by atoms with Crippen LogP contribution in [-0.4, -0.2) is 38.9 Å². The highest BCUT2D eigenvalue weighted by Gasteiger charge is 2.39. The van der Waals surface area contributed by atoms with Crippen molar-refractivity contribution in [1.82, 2.24) is 5.32 Å². The van der Waals surface area contributed by atoms with E-state index < -0.39 is 0 Å². The van der Waals surface area contributed by atoms with Crippen LogP contribution in [0.4, 0.5) is 0 Å². The molecule has 0 aromatic carbocycles. The van der Waals surface area contributed by atoms with Crippen molar-refractivity contribution in [3.05, 3.63) is 0 Å². The highest BCUT2D eigenvalue weighted by Crippen LogP contribution is 2.20. The maximum Gasteiger partial charge on any atom is 0.308 e.